The molecule has 0 unspecified atom stereocenters. The summed E-state index contributed by atoms with van der Waals surface area (Å²) in [5.41, 5.74) is -1.14. The van der Waals surface area contributed by atoms with E-state index in [1.54, 1.807) is 6.07 Å². The molecule has 1 aliphatic heterocycles. The van der Waals surface area contributed by atoms with Crippen LogP contribution in [0.15, 0.2) is 24.5 Å². The first-order chi connectivity index (χ1) is 14.1. The summed E-state index contributed by atoms with van der Waals surface area (Å²) in [5.74, 6) is -1.37. The molecule has 12 heteroatoms. The smallest absolute Gasteiger partial charge is 0.418 e. The van der Waals surface area contributed by atoms with Gasteiger partial charge in [0.2, 0.25) is 0 Å². The molecule has 0 N–H and O–H groups in total. The van der Waals surface area contributed by atoms with Crippen LogP contribution in [0.5, 0.6) is 5.75 Å². The fourth-order valence-corrected chi connectivity index (χ4v) is 4.08. The zero-order valence-corrected chi connectivity index (χ0v) is 15.8. The number of aryl methyl sites for hydroxylation is 1. The summed E-state index contributed by atoms with van der Waals surface area (Å²) in [6, 6.07) is 2.01. The minimum absolute atomic E-state index is 0.154. The number of carbonyl (C=O) groups is 1. The lowest BCUT2D eigenvalue weighted by Crippen LogP contribution is -2.48. The van der Waals surface area contributed by atoms with Gasteiger partial charge >= 0.3 is 18.9 Å². The van der Waals surface area contributed by atoms with Crippen LogP contribution >= 0.6 is 11.6 Å². The summed E-state index contributed by atoms with van der Waals surface area (Å²) in [6.07, 6.45) is -2.31. The van der Waals surface area contributed by atoms with Gasteiger partial charge in [-0.3, -0.25) is 0 Å². The van der Waals surface area contributed by atoms with Crippen molar-refractivity contribution in [2.24, 2.45) is 0 Å². The molecular weight excluding hydrogens is 437 g/mol. The van der Waals surface area contributed by atoms with Gasteiger partial charge in [-0.2, -0.15) is 22.0 Å². The van der Waals surface area contributed by atoms with Crippen molar-refractivity contribution in [3.05, 3.63) is 46.4 Å². The summed E-state index contributed by atoms with van der Waals surface area (Å²) >= 11 is 5.95. The Bertz CT molecular complexity index is 1000. The Labute approximate surface area is 171 Å². The fraction of sp³-hybridized carbons (Fsp3) is 0.389. The van der Waals surface area contributed by atoms with Crippen LogP contribution in [0.3, 0.4) is 0 Å². The Balaban J connectivity index is 1.88. The zero-order chi connectivity index (χ0) is 21.7. The van der Waals surface area contributed by atoms with E-state index >= 15 is 0 Å². The van der Waals surface area contributed by atoms with Crippen molar-refractivity contribution >= 4 is 23.5 Å². The molecule has 1 aliphatic carbocycles. The molecule has 1 amide bonds. The highest BCUT2D eigenvalue weighted by atomic mass is 35.5. The van der Waals surface area contributed by atoms with Crippen molar-refractivity contribution < 1.29 is 36.2 Å². The van der Waals surface area contributed by atoms with Crippen LogP contribution in [0.1, 0.15) is 29.5 Å². The third-order valence-electron chi connectivity index (χ3n) is 5.13. The number of pyridine rings is 2. The number of halogens is 6. The van der Waals surface area contributed by atoms with Gasteiger partial charge < -0.3 is 9.47 Å². The van der Waals surface area contributed by atoms with Crippen LogP contribution in [0.4, 0.5) is 32.6 Å². The van der Waals surface area contributed by atoms with E-state index in [0.29, 0.717) is 37.1 Å². The third-order valence-corrected chi connectivity index (χ3v) is 5.33. The number of rotatable bonds is 3. The summed E-state index contributed by atoms with van der Waals surface area (Å²) < 4.78 is 74.6. The van der Waals surface area contributed by atoms with Gasteiger partial charge in [-0.1, -0.05) is 11.6 Å². The van der Waals surface area contributed by atoms with Crippen molar-refractivity contribution in [1.29, 1.82) is 0 Å². The van der Waals surface area contributed by atoms with Gasteiger partial charge in [-0.25, -0.2) is 19.7 Å². The predicted molar refractivity (Wildman–Crippen MR) is 93.6 cm³/mol. The molecule has 30 heavy (non-hydrogen) atoms. The zero-order valence-electron chi connectivity index (χ0n) is 15.0. The molecule has 0 aromatic carbocycles. The molecule has 0 bridgehead atoms. The lowest BCUT2D eigenvalue weighted by Gasteiger charge is -2.39. The van der Waals surface area contributed by atoms with Crippen LogP contribution < -0.4 is 9.64 Å². The minimum Gasteiger partial charge on any atom is -0.446 e. The quantitative estimate of drug-likeness (QED) is 0.490. The van der Waals surface area contributed by atoms with E-state index < -0.39 is 41.6 Å². The average molecular weight is 450 g/mol. The lowest BCUT2D eigenvalue weighted by atomic mass is 9.77. The van der Waals surface area contributed by atoms with E-state index in [4.69, 9.17) is 16.3 Å². The van der Waals surface area contributed by atoms with Crippen molar-refractivity contribution in [2.45, 2.75) is 37.6 Å². The first kappa shape index (κ1) is 20.6. The third kappa shape index (κ3) is 3.40. The molecule has 1 saturated heterocycles. The standard InChI is InChI=1S/C18H13ClF5N3O3/c19-13-4-9-2-1-3-17(11(9)7-25-13)8-29-16(28)27(17)14-12(30-15(20)21)5-10(6-26-14)18(22,23)24/h4-7,15H,1-3,8H2/t17-/m1/s1. The number of amides is 1. The molecular formula is C18H13ClF5N3O3. The highest BCUT2D eigenvalue weighted by molar-refractivity contribution is 6.29. The molecule has 1 spiro atoms. The normalized spacial score (nSPS) is 21.2. The van der Waals surface area contributed by atoms with Crippen LogP contribution in [0, 0.1) is 0 Å². The number of ether oxygens (including phenoxy) is 2. The summed E-state index contributed by atoms with van der Waals surface area (Å²) in [4.78, 5) is 21.3. The monoisotopic (exact) mass is 449 g/mol. The van der Waals surface area contributed by atoms with Crippen LogP contribution in [0.25, 0.3) is 0 Å². The number of hydrogen-bond donors (Lipinski definition) is 0. The molecule has 3 heterocycles. The molecule has 2 aliphatic rings. The largest absolute Gasteiger partial charge is 0.446 e. The van der Waals surface area contributed by atoms with E-state index in [9.17, 15) is 26.7 Å². The number of nitrogens with zero attached hydrogens (tertiary/aromatic N) is 3. The summed E-state index contributed by atoms with van der Waals surface area (Å²) in [6.45, 7) is -3.58. The second kappa shape index (κ2) is 7.22. The SMILES string of the molecule is O=C1OC[C@@]2(CCCc3cc(Cl)ncc32)N1c1ncc(C(F)(F)F)cc1OC(F)F. The van der Waals surface area contributed by atoms with Gasteiger partial charge in [0.25, 0.3) is 0 Å². The fourth-order valence-electron chi connectivity index (χ4n) is 3.90. The maximum Gasteiger partial charge on any atom is 0.418 e. The van der Waals surface area contributed by atoms with Gasteiger partial charge in [0, 0.05) is 18.0 Å². The number of alkyl halides is 5. The van der Waals surface area contributed by atoms with E-state index in [2.05, 4.69) is 14.7 Å². The molecule has 2 aromatic heterocycles. The van der Waals surface area contributed by atoms with Gasteiger partial charge in [-0.05, 0) is 37.0 Å². The molecule has 0 saturated carbocycles. The minimum atomic E-state index is -4.84. The van der Waals surface area contributed by atoms with Gasteiger partial charge in [-0.15, -0.1) is 0 Å². The number of carbonyl (C=O) groups excluding carboxylic acids is 1. The Kier molecular flexibility index (Phi) is 4.95. The first-order valence-corrected chi connectivity index (χ1v) is 9.13. The predicted octanol–water partition coefficient (Wildman–Crippen LogP) is 4.94. The van der Waals surface area contributed by atoms with Crippen LogP contribution in [0.2, 0.25) is 5.15 Å². The van der Waals surface area contributed by atoms with Crippen molar-refractivity contribution in [3.8, 4) is 5.75 Å². The molecule has 2 aromatic rings. The van der Waals surface area contributed by atoms with E-state index in [-0.39, 0.29) is 11.8 Å². The summed E-state index contributed by atoms with van der Waals surface area (Å²) in [5, 5.41) is 0.233. The lowest BCUT2D eigenvalue weighted by molar-refractivity contribution is -0.138. The molecule has 1 fully saturated rings. The van der Waals surface area contributed by atoms with Gasteiger partial charge in [0.15, 0.2) is 11.6 Å². The van der Waals surface area contributed by atoms with E-state index in [1.165, 1.54) is 6.20 Å². The number of fused-ring (bicyclic) bond motifs is 2. The topological polar surface area (TPSA) is 64.5 Å². The van der Waals surface area contributed by atoms with Crippen molar-refractivity contribution in [3.63, 3.8) is 0 Å². The summed E-state index contributed by atoms with van der Waals surface area (Å²) in [7, 11) is 0. The molecule has 0 radical (unpaired) electrons. The number of hydrogen-bond acceptors (Lipinski definition) is 5. The second-order valence-corrected chi connectivity index (χ2v) is 7.25. The molecule has 160 valence electrons. The second-order valence-electron chi connectivity index (χ2n) is 6.86. The molecule has 6 nitrogen and oxygen atoms in total. The number of cyclic esters (lactones) is 1. The highest BCUT2D eigenvalue weighted by Gasteiger charge is 2.53. The van der Waals surface area contributed by atoms with Gasteiger partial charge in [0.05, 0.1) is 5.56 Å². The Morgan fingerprint density at radius 2 is 2.00 bits per heavy atom. The van der Waals surface area contributed by atoms with Gasteiger partial charge in [0.1, 0.15) is 17.3 Å². The maximum atomic E-state index is 13.1. The first-order valence-electron chi connectivity index (χ1n) is 8.76. The van der Waals surface area contributed by atoms with Crippen LogP contribution in [-0.4, -0.2) is 29.3 Å². The van der Waals surface area contributed by atoms with Crippen molar-refractivity contribution in [1.82, 2.24) is 9.97 Å². The number of anilines is 1. The van der Waals surface area contributed by atoms with E-state index in [0.717, 1.165) is 10.5 Å². The van der Waals surface area contributed by atoms with Crippen LogP contribution in [-0.2, 0) is 22.9 Å². The van der Waals surface area contributed by atoms with Crippen molar-refractivity contribution in [2.75, 3.05) is 11.5 Å². The number of aromatic nitrogens is 2. The van der Waals surface area contributed by atoms with E-state index in [1.807, 2.05) is 0 Å². The molecule has 1 atom stereocenters. The Hall–Kier alpha value is -2.69. The Morgan fingerprint density at radius 3 is 2.70 bits per heavy atom. The molecule has 4 rings (SSSR count). The highest BCUT2D eigenvalue weighted by Crippen LogP contribution is 2.48. The average Bonchev–Trinajstić information content (AvgIpc) is 2.97. The Morgan fingerprint density at radius 1 is 1.23 bits per heavy atom. The maximum absolute atomic E-state index is 13.1.